The molecule has 1 amide bonds. The van der Waals surface area contributed by atoms with E-state index < -0.39 is 12.2 Å². The molecule has 1 fully saturated rings. The van der Waals surface area contributed by atoms with Gasteiger partial charge in [-0.3, -0.25) is 4.79 Å². The normalized spacial score (nSPS) is 26.1. The van der Waals surface area contributed by atoms with Gasteiger partial charge in [0.05, 0.1) is 18.3 Å². The Labute approximate surface area is 112 Å². The van der Waals surface area contributed by atoms with Gasteiger partial charge < -0.3 is 20.1 Å². The number of carbonyl (C=O) groups is 1. The van der Waals surface area contributed by atoms with Crippen molar-refractivity contribution >= 4 is 11.6 Å². The van der Waals surface area contributed by atoms with Crippen molar-refractivity contribution in [2.75, 3.05) is 25.0 Å². The molecule has 1 aromatic rings. The fourth-order valence-electron chi connectivity index (χ4n) is 2.61. The smallest absolute Gasteiger partial charge is 0.265 e. The van der Waals surface area contributed by atoms with Crippen molar-refractivity contribution in [3.8, 4) is 5.75 Å². The summed E-state index contributed by atoms with van der Waals surface area (Å²) in [5.74, 6) is 0.672. The average molecular weight is 262 g/mol. The molecule has 0 aliphatic carbocycles. The molecule has 19 heavy (non-hydrogen) atoms. The van der Waals surface area contributed by atoms with E-state index >= 15 is 0 Å². The number of aliphatic hydroxyl groups excluding tert-OH is 1. The number of aliphatic hydroxyl groups is 1. The Bertz CT molecular complexity index is 478. The van der Waals surface area contributed by atoms with Crippen molar-refractivity contribution in [1.82, 2.24) is 4.90 Å². The van der Waals surface area contributed by atoms with Crippen LogP contribution in [0.5, 0.6) is 5.75 Å². The predicted molar refractivity (Wildman–Crippen MR) is 71.2 cm³/mol. The van der Waals surface area contributed by atoms with Crippen LogP contribution in [0.4, 0.5) is 5.69 Å². The molecule has 1 aromatic carbocycles. The lowest BCUT2D eigenvalue weighted by molar-refractivity contribution is -0.141. The third-order valence-corrected chi connectivity index (χ3v) is 3.62. The number of anilines is 1. The van der Waals surface area contributed by atoms with E-state index in [4.69, 9.17) is 4.74 Å². The van der Waals surface area contributed by atoms with Gasteiger partial charge in [0, 0.05) is 13.1 Å². The van der Waals surface area contributed by atoms with E-state index in [0.29, 0.717) is 25.4 Å². The number of para-hydroxylation sites is 2. The average Bonchev–Trinajstić information content (AvgIpc) is 2.46. The van der Waals surface area contributed by atoms with E-state index in [9.17, 15) is 9.90 Å². The van der Waals surface area contributed by atoms with Gasteiger partial charge in [-0.2, -0.15) is 0 Å². The van der Waals surface area contributed by atoms with E-state index in [2.05, 4.69) is 5.32 Å². The van der Waals surface area contributed by atoms with Gasteiger partial charge in [0.25, 0.3) is 5.91 Å². The van der Waals surface area contributed by atoms with Gasteiger partial charge in [-0.15, -0.1) is 0 Å². The maximum atomic E-state index is 12.4. The zero-order valence-corrected chi connectivity index (χ0v) is 10.7. The molecular formula is C14H18N2O3. The number of carbonyl (C=O) groups excluding carboxylic acids is 1. The summed E-state index contributed by atoms with van der Waals surface area (Å²) < 4.78 is 5.75. The second-order valence-electron chi connectivity index (χ2n) is 5.06. The number of benzene rings is 1. The highest BCUT2D eigenvalue weighted by molar-refractivity contribution is 5.83. The number of nitrogens with zero attached hydrogens (tertiary/aromatic N) is 1. The lowest BCUT2D eigenvalue weighted by atomic mass is 10.1. The highest BCUT2D eigenvalue weighted by Crippen LogP contribution is 2.28. The van der Waals surface area contributed by atoms with E-state index in [1.54, 1.807) is 4.90 Å². The molecule has 0 radical (unpaired) electrons. The largest absolute Gasteiger partial charge is 0.477 e. The molecule has 2 atom stereocenters. The van der Waals surface area contributed by atoms with Gasteiger partial charge in [0.15, 0.2) is 6.10 Å². The number of hydrogen-bond donors (Lipinski definition) is 2. The summed E-state index contributed by atoms with van der Waals surface area (Å²) >= 11 is 0. The lowest BCUT2D eigenvalue weighted by Gasteiger charge is -2.34. The van der Waals surface area contributed by atoms with Crippen LogP contribution >= 0.6 is 0 Å². The van der Waals surface area contributed by atoms with Crippen molar-refractivity contribution in [2.45, 2.75) is 25.0 Å². The molecule has 0 aromatic heterocycles. The Morgan fingerprint density at radius 2 is 2.26 bits per heavy atom. The van der Waals surface area contributed by atoms with E-state index in [1.165, 1.54) is 0 Å². The van der Waals surface area contributed by atoms with Crippen molar-refractivity contribution in [3.05, 3.63) is 24.3 Å². The van der Waals surface area contributed by atoms with Gasteiger partial charge in [-0.25, -0.2) is 0 Å². The van der Waals surface area contributed by atoms with Crippen molar-refractivity contribution in [1.29, 1.82) is 0 Å². The van der Waals surface area contributed by atoms with E-state index in [-0.39, 0.29) is 5.91 Å². The minimum absolute atomic E-state index is 0.0410. The predicted octanol–water partition coefficient (Wildman–Crippen LogP) is 0.843. The first-order chi connectivity index (χ1) is 9.24. The van der Waals surface area contributed by atoms with Gasteiger partial charge in [-0.1, -0.05) is 12.1 Å². The zero-order valence-electron chi connectivity index (χ0n) is 10.7. The van der Waals surface area contributed by atoms with Gasteiger partial charge >= 0.3 is 0 Å². The Morgan fingerprint density at radius 1 is 1.42 bits per heavy atom. The zero-order chi connectivity index (χ0) is 13.2. The van der Waals surface area contributed by atoms with Crippen LogP contribution in [0.3, 0.4) is 0 Å². The molecule has 3 rings (SSSR count). The number of hydrogen-bond acceptors (Lipinski definition) is 4. The molecule has 5 heteroatoms. The van der Waals surface area contributed by atoms with Crippen LogP contribution in [0.25, 0.3) is 0 Å². The first kappa shape index (κ1) is 12.3. The minimum atomic E-state index is -0.500. The quantitative estimate of drug-likeness (QED) is 0.787. The molecule has 2 aliphatic heterocycles. The monoisotopic (exact) mass is 262 g/mol. The van der Waals surface area contributed by atoms with Crippen LogP contribution < -0.4 is 10.1 Å². The van der Waals surface area contributed by atoms with Crippen molar-refractivity contribution in [3.63, 3.8) is 0 Å². The second-order valence-corrected chi connectivity index (χ2v) is 5.06. The lowest BCUT2D eigenvalue weighted by Crippen LogP contribution is -2.51. The molecular weight excluding hydrogens is 244 g/mol. The highest BCUT2D eigenvalue weighted by atomic mass is 16.5. The maximum Gasteiger partial charge on any atom is 0.265 e. The molecule has 1 saturated heterocycles. The molecule has 0 saturated carbocycles. The van der Waals surface area contributed by atoms with E-state index in [1.807, 2.05) is 24.3 Å². The minimum Gasteiger partial charge on any atom is -0.477 e. The number of fused-ring (bicyclic) bond motifs is 1. The van der Waals surface area contributed by atoms with Crippen molar-refractivity contribution < 1.29 is 14.6 Å². The van der Waals surface area contributed by atoms with Crippen molar-refractivity contribution in [2.24, 2.45) is 0 Å². The van der Waals surface area contributed by atoms with Crippen LogP contribution in [-0.2, 0) is 4.79 Å². The summed E-state index contributed by atoms with van der Waals surface area (Å²) in [5.41, 5.74) is 0.922. The van der Waals surface area contributed by atoms with Gasteiger partial charge in [-0.05, 0) is 25.0 Å². The van der Waals surface area contributed by atoms with Gasteiger partial charge in [0.1, 0.15) is 5.75 Å². The number of amides is 1. The van der Waals surface area contributed by atoms with Gasteiger partial charge in [0.2, 0.25) is 0 Å². The third kappa shape index (κ3) is 2.51. The van der Waals surface area contributed by atoms with Crippen LogP contribution in [0, 0.1) is 0 Å². The summed E-state index contributed by atoms with van der Waals surface area (Å²) in [6.45, 7) is 1.60. The molecule has 2 N–H and O–H groups in total. The first-order valence-corrected chi connectivity index (χ1v) is 6.70. The summed E-state index contributed by atoms with van der Waals surface area (Å²) in [6.07, 6.45) is 0.724. The van der Waals surface area contributed by atoms with E-state index in [0.717, 1.165) is 18.5 Å². The second kappa shape index (κ2) is 5.09. The Hall–Kier alpha value is -1.75. The maximum absolute atomic E-state index is 12.4. The molecule has 5 nitrogen and oxygen atoms in total. The number of likely N-dealkylation sites (tertiary alicyclic amines) is 1. The SMILES string of the molecule is O=C(C1CNc2ccccc2O1)N1CCCC(O)C1. The summed E-state index contributed by atoms with van der Waals surface area (Å²) in [5, 5.41) is 12.8. The summed E-state index contributed by atoms with van der Waals surface area (Å²) in [7, 11) is 0. The van der Waals surface area contributed by atoms with Crippen LogP contribution in [-0.4, -0.2) is 47.8 Å². The summed E-state index contributed by atoms with van der Waals surface area (Å²) in [6, 6.07) is 7.60. The third-order valence-electron chi connectivity index (χ3n) is 3.62. The van der Waals surface area contributed by atoms with Crippen LogP contribution in [0.15, 0.2) is 24.3 Å². The first-order valence-electron chi connectivity index (χ1n) is 6.70. The topological polar surface area (TPSA) is 61.8 Å². The Kier molecular flexibility index (Phi) is 3.29. The number of β-amino-alcohol motifs (C(OH)–C–C–N with tert-alkyl or cyclic N) is 1. The Balaban J connectivity index is 1.69. The molecule has 2 unspecified atom stereocenters. The highest BCUT2D eigenvalue weighted by Gasteiger charge is 2.31. The molecule has 2 heterocycles. The summed E-state index contributed by atoms with van der Waals surface area (Å²) in [4.78, 5) is 14.1. The van der Waals surface area contributed by atoms with Crippen LogP contribution in [0.2, 0.25) is 0 Å². The molecule has 0 spiro atoms. The number of ether oxygens (including phenoxy) is 1. The fourth-order valence-corrected chi connectivity index (χ4v) is 2.61. The molecule has 102 valence electrons. The molecule has 0 bridgehead atoms. The van der Waals surface area contributed by atoms with Crippen LogP contribution in [0.1, 0.15) is 12.8 Å². The standard InChI is InChI=1S/C14H18N2O3/c17-10-4-3-7-16(9-10)14(18)13-8-15-11-5-1-2-6-12(11)19-13/h1-2,5-6,10,13,15,17H,3-4,7-9H2. The molecule has 2 aliphatic rings. The number of nitrogens with one attached hydrogen (secondary N) is 1. The Morgan fingerprint density at radius 3 is 3.11 bits per heavy atom. The number of rotatable bonds is 1. The number of piperidine rings is 1. The fraction of sp³-hybridized carbons (Fsp3) is 0.500.